The quantitative estimate of drug-likeness (QED) is 0.677. The second-order valence-corrected chi connectivity index (χ2v) is 8.96. The van der Waals surface area contributed by atoms with Crippen LogP contribution in [0.5, 0.6) is 0 Å². The maximum Gasteiger partial charge on any atom is 0.279 e. The maximum absolute atomic E-state index is 14.2. The summed E-state index contributed by atoms with van der Waals surface area (Å²) in [6, 6.07) is 9.27. The third-order valence-electron chi connectivity index (χ3n) is 5.01. The van der Waals surface area contributed by atoms with E-state index in [1.54, 1.807) is 18.2 Å². The van der Waals surface area contributed by atoms with Gasteiger partial charge in [-0.2, -0.15) is 0 Å². The second kappa shape index (κ2) is 6.92. The molecule has 3 aliphatic heterocycles. The number of benzene rings is 2. The van der Waals surface area contributed by atoms with Crippen LogP contribution in [0.1, 0.15) is 18.9 Å². The third-order valence-corrected chi connectivity index (χ3v) is 6.57. The van der Waals surface area contributed by atoms with Crippen molar-refractivity contribution < 1.29 is 14.0 Å². The van der Waals surface area contributed by atoms with Gasteiger partial charge in [-0.15, -0.1) is 5.10 Å². The molecular weight excluding hydrogens is 473 g/mol. The van der Waals surface area contributed by atoms with Crippen molar-refractivity contribution in [3.8, 4) is 0 Å². The van der Waals surface area contributed by atoms with E-state index in [-0.39, 0.29) is 5.70 Å². The number of amidine groups is 1. The zero-order valence-corrected chi connectivity index (χ0v) is 18.1. The molecule has 5 rings (SSSR count). The average molecular weight is 488 g/mol. The molecule has 1 spiro atoms. The van der Waals surface area contributed by atoms with Gasteiger partial charge in [-0.25, -0.2) is 14.4 Å². The molecule has 152 valence electrons. The van der Waals surface area contributed by atoms with Crippen molar-refractivity contribution in [3.05, 3.63) is 62.8 Å². The normalized spacial score (nSPS) is 21.4. The fraction of sp³-hybridized carbons (Fsp3) is 0.200. The highest BCUT2D eigenvalue weighted by atomic mass is 79.9. The lowest BCUT2D eigenvalue weighted by atomic mass is 9.97. The molecule has 0 aromatic heterocycles. The Labute approximate surface area is 183 Å². The third kappa shape index (κ3) is 2.70. The molecule has 30 heavy (non-hydrogen) atoms. The molecule has 10 heteroatoms. The monoisotopic (exact) mass is 487 g/mol. The Hall–Kier alpha value is -2.72. The largest absolute Gasteiger partial charge is 0.321 e. The molecule has 0 aliphatic carbocycles. The standard InChI is InChI=1S/C20H15BrFN5O2S/c1-2-7-30-19-24-17(28)16-12-8-10(21)3-5-14(12)25-20(27(16)26-19)13-9-11(22)4-6-15(13)23-18(20)29/h3-6,8-9H,2,7H2,1H3,(H,23,29)(H,24,26,28). The van der Waals surface area contributed by atoms with Crippen LogP contribution in [0.3, 0.4) is 0 Å². The highest BCUT2D eigenvalue weighted by Crippen LogP contribution is 2.45. The summed E-state index contributed by atoms with van der Waals surface area (Å²) in [5, 5.41) is 12.8. The number of carbonyl (C=O) groups is 2. The summed E-state index contributed by atoms with van der Waals surface area (Å²) in [7, 11) is 0. The summed E-state index contributed by atoms with van der Waals surface area (Å²) >= 11 is 4.80. The van der Waals surface area contributed by atoms with Gasteiger partial charge in [0, 0.05) is 26.7 Å². The van der Waals surface area contributed by atoms with Gasteiger partial charge in [-0.3, -0.25) is 14.9 Å². The van der Waals surface area contributed by atoms with Gasteiger partial charge < -0.3 is 5.32 Å². The van der Waals surface area contributed by atoms with Gasteiger partial charge in [0.15, 0.2) is 5.17 Å². The fourth-order valence-electron chi connectivity index (χ4n) is 3.74. The Bertz CT molecular complexity index is 1280. The van der Waals surface area contributed by atoms with Crippen LogP contribution in [0.15, 0.2) is 51.0 Å². The molecule has 2 aromatic carbocycles. The summed E-state index contributed by atoms with van der Waals surface area (Å²) in [6.07, 6.45) is 0.885. The van der Waals surface area contributed by atoms with Crippen LogP contribution in [0.2, 0.25) is 0 Å². The number of amides is 2. The van der Waals surface area contributed by atoms with Gasteiger partial charge in [0.1, 0.15) is 11.5 Å². The number of fused-ring (bicyclic) bond motifs is 5. The lowest BCUT2D eigenvalue weighted by Crippen LogP contribution is -2.59. The first kappa shape index (κ1) is 19.3. The van der Waals surface area contributed by atoms with E-state index in [1.165, 1.54) is 35.0 Å². The van der Waals surface area contributed by atoms with E-state index in [9.17, 15) is 14.0 Å². The van der Waals surface area contributed by atoms with Crippen molar-refractivity contribution in [2.75, 3.05) is 11.1 Å². The van der Waals surface area contributed by atoms with Crippen LogP contribution < -0.4 is 21.2 Å². The molecule has 0 saturated carbocycles. The Balaban J connectivity index is 1.85. The zero-order valence-electron chi connectivity index (χ0n) is 15.7. The number of carbonyl (C=O) groups excluding carboxylic acids is 2. The van der Waals surface area contributed by atoms with E-state index in [0.29, 0.717) is 27.0 Å². The Morgan fingerprint density at radius 3 is 2.83 bits per heavy atom. The van der Waals surface area contributed by atoms with Crippen LogP contribution in [0, 0.1) is 5.82 Å². The van der Waals surface area contributed by atoms with Crippen LogP contribution in [-0.2, 0) is 15.3 Å². The van der Waals surface area contributed by atoms with E-state index < -0.39 is 23.3 Å². The highest BCUT2D eigenvalue weighted by Gasteiger charge is 2.56. The first-order valence-corrected chi connectivity index (χ1v) is 11.1. The number of nitrogens with zero attached hydrogens (tertiary/aromatic N) is 3. The van der Waals surface area contributed by atoms with Crippen molar-refractivity contribution in [2.45, 2.75) is 19.0 Å². The number of hydrogen-bond acceptors (Lipinski definition) is 6. The second-order valence-electron chi connectivity index (χ2n) is 6.96. The molecule has 0 bridgehead atoms. The number of anilines is 1. The maximum atomic E-state index is 14.2. The minimum atomic E-state index is -1.70. The molecule has 3 heterocycles. The van der Waals surface area contributed by atoms with Gasteiger partial charge in [0.2, 0.25) is 0 Å². The number of halogens is 2. The number of thioether (sulfide) groups is 1. The predicted molar refractivity (Wildman–Crippen MR) is 115 cm³/mol. The SMILES string of the molecule is CCCSC1=NN2C(=c3cc(Br)ccc3=NC23C(=O)Nc2ccc(F)cc23)C(=O)N1. The van der Waals surface area contributed by atoms with Gasteiger partial charge in [-0.05, 0) is 42.8 Å². The Kier molecular flexibility index (Phi) is 4.44. The molecule has 1 unspecified atom stereocenters. The van der Waals surface area contributed by atoms with E-state index >= 15 is 0 Å². The van der Waals surface area contributed by atoms with Crippen LogP contribution in [0.4, 0.5) is 10.1 Å². The van der Waals surface area contributed by atoms with Gasteiger partial charge in [0.05, 0.1) is 5.36 Å². The summed E-state index contributed by atoms with van der Waals surface area (Å²) < 4.78 is 14.9. The van der Waals surface area contributed by atoms with Crippen molar-refractivity contribution in [2.24, 2.45) is 10.1 Å². The molecule has 2 N–H and O–H groups in total. The van der Waals surface area contributed by atoms with E-state index in [4.69, 9.17) is 4.99 Å². The number of rotatable bonds is 2. The molecule has 2 aromatic rings. The number of hydrogen-bond donors (Lipinski definition) is 2. The predicted octanol–water partition coefficient (Wildman–Crippen LogP) is 1.98. The first-order valence-electron chi connectivity index (χ1n) is 9.28. The van der Waals surface area contributed by atoms with E-state index in [1.807, 2.05) is 6.92 Å². The molecule has 0 saturated heterocycles. The smallest absolute Gasteiger partial charge is 0.279 e. The Morgan fingerprint density at radius 1 is 1.20 bits per heavy atom. The molecule has 0 fully saturated rings. The van der Waals surface area contributed by atoms with E-state index in [2.05, 4.69) is 31.7 Å². The minimum Gasteiger partial charge on any atom is -0.321 e. The van der Waals surface area contributed by atoms with Crippen LogP contribution in [0.25, 0.3) is 5.70 Å². The molecular formula is C20H15BrFN5O2S. The minimum absolute atomic E-state index is 0.189. The lowest BCUT2D eigenvalue weighted by molar-refractivity contribution is -0.127. The molecule has 2 amide bonds. The summed E-state index contributed by atoms with van der Waals surface area (Å²) in [6.45, 7) is 2.02. The number of hydrazone groups is 1. The summed E-state index contributed by atoms with van der Waals surface area (Å²) in [5.74, 6) is -0.650. The summed E-state index contributed by atoms with van der Waals surface area (Å²) in [4.78, 5) is 31.2. The molecule has 0 radical (unpaired) electrons. The summed E-state index contributed by atoms with van der Waals surface area (Å²) in [5.41, 5.74) is -0.760. The average Bonchev–Trinajstić information content (AvgIpc) is 2.98. The van der Waals surface area contributed by atoms with Crippen molar-refractivity contribution in [1.82, 2.24) is 10.3 Å². The topological polar surface area (TPSA) is 86.2 Å². The van der Waals surface area contributed by atoms with Crippen molar-refractivity contribution in [3.63, 3.8) is 0 Å². The van der Waals surface area contributed by atoms with Crippen molar-refractivity contribution in [1.29, 1.82) is 0 Å². The van der Waals surface area contributed by atoms with Crippen LogP contribution in [-0.4, -0.2) is 27.7 Å². The fourth-order valence-corrected chi connectivity index (χ4v) is 4.80. The lowest BCUT2D eigenvalue weighted by Gasteiger charge is -2.39. The molecule has 1 atom stereocenters. The van der Waals surface area contributed by atoms with Gasteiger partial charge in [-0.1, -0.05) is 34.6 Å². The highest BCUT2D eigenvalue weighted by molar-refractivity contribution is 9.10. The number of nitrogens with one attached hydrogen (secondary N) is 2. The first-order chi connectivity index (χ1) is 14.4. The van der Waals surface area contributed by atoms with Gasteiger partial charge >= 0.3 is 0 Å². The molecule has 3 aliphatic rings. The Morgan fingerprint density at radius 2 is 2.03 bits per heavy atom. The van der Waals surface area contributed by atoms with E-state index in [0.717, 1.165) is 16.6 Å². The molecule has 7 nitrogen and oxygen atoms in total. The zero-order chi connectivity index (χ0) is 21.0. The van der Waals surface area contributed by atoms with Gasteiger partial charge in [0.25, 0.3) is 17.5 Å². The van der Waals surface area contributed by atoms with Crippen LogP contribution >= 0.6 is 27.7 Å². The van der Waals surface area contributed by atoms with Crippen molar-refractivity contribution >= 4 is 56.1 Å².